The Bertz CT molecular complexity index is 770. The zero-order valence-corrected chi connectivity index (χ0v) is 12.0. The normalized spacial score (nSPS) is 11.0. The highest BCUT2D eigenvalue weighted by Crippen LogP contribution is 2.25. The van der Waals surface area contributed by atoms with Gasteiger partial charge in [0.25, 0.3) is 0 Å². The Morgan fingerprint density at radius 1 is 1.33 bits per heavy atom. The number of nitrogen functional groups attached to an aromatic ring is 1. The fourth-order valence-electron chi connectivity index (χ4n) is 1.83. The van der Waals surface area contributed by atoms with Crippen LogP contribution in [0.3, 0.4) is 0 Å². The van der Waals surface area contributed by atoms with E-state index >= 15 is 0 Å². The number of hydrogen-bond donors (Lipinski definition) is 1. The SMILES string of the molecule is Cc1cc(CSc2nnc(-c3ccccc3F)n2N)no1. The van der Waals surface area contributed by atoms with Gasteiger partial charge in [-0.1, -0.05) is 29.1 Å². The first-order valence-corrected chi connectivity index (χ1v) is 7.14. The van der Waals surface area contributed by atoms with E-state index in [0.29, 0.717) is 16.5 Å². The molecule has 0 spiro atoms. The zero-order valence-electron chi connectivity index (χ0n) is 11.2. The summed E-state index contributed by atoms with van der Waals surface area (Å²) in [6, 6.07) is 8.13. The van der Waals surface area contributed by atoms with E-state index in [1.807, 2.05) is 13.0 Å². The van der Waals surface area contributed by atoms with Gasteiger partial charge in [-0.25, -0.2) is 9.07 Å². The zero-order chi connectivity index (χ0) is 14.8. The van der Waals surface area contributed by atoms with E-state index in [9.17, 15) is 4.39 Å². The molecule has 3 aromatic rings. The summed E-state index contributed by atoms with van der Waals surface area (Å²) >= 11 is 1.35. The van der Waals surface area contributed by atoms with Crippen LogP contribution in [0.2, 0.25) is 0 Å². The van der Waals surface area contributed by atoms with Gasteiger partial charge in [0.2, 0.25) is 5.16 Å². The highest BCUT2D eigenvalue weighted by Gasteiger charge is 2.15. The maximum absolute atomic E-state index is 13.8. The van der Waals surface area contributed by atoms with Gasteiger partial charge >= 0.3 is 0 Å². The van der Waals surface area contributed by atoms with Gasteiger partial charge in [-0.3, -0.25) is 0 Å². The summed E-state index contributed by atoms with van der Waals surface area (Å²) in [7, 11) is 0. The fraction of sp³-hybridized carbons (Fsp3) is 0.154. The molecular formula is C13H12FN5OS. The third-order valence-electron chi connectivity index (χ3n) is 2.81. The molecule has 0 atom stereocenters. The van der Waals surface area contributed by atoms with Crippen LogP contribution in [-0.2, 0) is 5.75 Å². The van der Waals surface area contributed by atoms with Crippen molar-refractivity contribution in [2.24, 2.45) is 0 Å². The number of halogens is 1. The molecular weight excluding hydrogens is 293 g/mol. The summed E-state index contributed by atoms with van der Waals surface area (Å²) in [5.41, 5.74) is 1.10. The van der Waals surface area contributed by atoms with Crippen LogP contribution in [0.1, 0.15) is 11.5 Å². The molecule has 21 heavy (non-hydrogen) atoms. The monoisotopic (exact) mass is 305 g/mol. The maximum Gasteiger partial charge on any atom is 0.210 e. The van der Waals surface area contributed by atoms with Gasteiger partial charge in [-0.2, -0.15) is 0 Å². The molecule has 6 nitrogen and oxygen atoms in total. The van der Waals surface area contributed by atoms with E-state index in [-0.39, 0.29) is 11.6 Å². The van der Waals surface area contributed by atoms with Crippen LogP contribution in [0.25, 0.3) is 11.4 Å². The fourth-order valence-corrected chi connectivity index (χ4v) is 2.56. The highest BCUT2D eigenvalue weighted by molar-refractivity contribution is 7.98. The standard InChI is InChI=1S/C13H12FN5OS/c1-8-6-9(18-20-8)7-21-13-17-16-12(19(13)15)10-4-2-3-5-11(10)14/h2-6H,7,15H2,1H3. The van der Waals surface area contributed by atoms with Crippen molar-refractivity contribution in [1.29, 1.82) is 0 Å². The molecule has 0 aliphatic carbocycles. The van der Waals surface area contributed by atoms with Gasteiger partial charge in [0.05, 0.1) is 11.3 Å². The number of rotatable bonds is 4. The molecule has 2 aromatic heterocycles. The molecule has 0 aliphatic heterocycles. The van der Waals surface area contributed by atoms with Crippen molar-refractivity contribution in [2.75, 3.05) is 5.84 Å². The van der Waals surface area contributed by atoms with E-state index < -0.39 is 0 Å². The highest BCUT2D eigenvalue weighted by atomic mass is 32.2. The molecule has 0 saturated carbocycles. The lowest BCUT2D eigenvalue weighted by molar-refractivity contribution is 0.393. The average Bonchev–Trinajstić information content (AvgIpc) is 3.04. The second-order valence-electron chi connectivity index (χ2n) is 4.37. The Labute approximate surface area is 124 Å². The number of benzene rings is 1. The van der Waals surface area contributed by atoms with Crippen LogP contribution in [0.5, 0.6) is 0 Å². The van der Waals surface area contributed by atoms with Crippen molar-refractivity contribution in [3.63, 3.8) is 0 Å². The molecule has 0 aliphatic rings. The molecule has 108 valence electrons. The summed E-state index contributed by atoms with van der Waals surface area (Å²) in [4.78, 5) is 0. The maximum atomic E-state index is 13.8. The quantitative estimate of drug-likeness (QED) is 0.588. The van der Waals surface area contributed by atoms with E-state index in [0.717, 1.165) is 11.5 Å². The number of aryl methyl sites for hydroxylation is 1. The number of nitrogens with two attached hydrogens (primary N) is 1. The first kappa shape index (κ1) is 13.6. The Morgan fingerprint density at radius 2 is 2.14 bits per heavy atom. The number of thioether (sulfide) groups is 1. The molecule has 0 fully saturated rings. The predicted octanol–water partition coefficient (Wildman–Crippen LogP) is 2.39. The van der Waals surface area contributed by atoms with Crippen LogP contribution >= 0.6 is 11.8 Å². The van der Waals surface area contributed by atoms with Crippen molar-refractivity contribution < 1.29 is 8.91 Å². The van der Waals surface area contributed by atoms with Gasteiger partial charge in [0, 0.05) is 11.8 Å². The number of aromatic nitrogens is 4. The summed E-state index contributed by atoms with van der Waals surface area (Å²) in [6.07, 6.45) is 0. The average molecular weight is 305 g/mol. The van der Waals surface area contributed by atoms with Gasteiger partial charge in [0.1, 0.15) is 11.6 Å². The lowest BCUT2D eigenvalue weighted by Gasteiger charge is -2.03. The largest absolute Gasteiger partial charge is 0.361 e. The molecule has 0 bridgehead atoms. The number of nitrogens with zero attached hydrogens (tertiary/aromatic N) is 4. The molecule has 0 amide bonds. The van der Waals surface area contributed by atoms with Crippen molar-refractivity contribution in [2.45, 2.75) is 17.8 Å². The Hall–Kier alpha value is -2.35. The van der Waals surface area contributed by atoms with Gasteiger partial charge in [-0.15, -0.1) is 10.2 Å². The third kappa shape index (κ3) is 2.75. The summed E-state index contributed by atoms with van der Waals surface area (Å²) in [5.74, 6) is 7.12. The topological polar surface area (TPSA) is 82.8 Å². The van der Waals surface area contributed by atoms with E-state index in [1.165, 1.54) is 22.5 Å². The lowest BCUT2D eigenvalue weighted by Crippen LogP contribution is -2.12. The Kier molecular flexibility index (Phi) is 3.61. The summed E-state index contributed by atoms with van der Waals surface area (Å²) < 4.78 is 20.0. The molecule has 0 radical (unpaired) electrons. The van der Waals surface area contributed by atoms with Crippen LogP contribution in [0.15, 0.2) is 40.0 Å². The molecule has 2 N–H and O–H groups in total. The second-order valence-corrected chi connectivity index (χ2v) is 5.32. The Morgan fingerprint density at radius 3 is 2.86 bits per heavy atom. The summed E-state index contributed by atoms with van der Waals surface area (Å²) in [6.45, 7) is 1.82. The molecule has 8 heteroatoms. The van der Waals surface area contributed by atoms with Crippen LogP contribution < -0.4 is 5.84 Å². The van der Waals surface area contributed by atoms with E-state index in [1.54, 1.807) is 18.2 Å². The molecule has 0 saturated heterocycles. The molecule has 1 aromatic carbocycles. The summed E-state index contributed by atoms with van der Waals surface area (Å²) in [5, 5.41) is 12.3. The minimum atomic E-state index is -0.389. The first-order chi connectivity index (χ1) is 10.1. The van der Waals surface area contributed by atoms with Crippen molar-refractivity contribution >= 4 is 11.8 Å². The lowest BCUT2D eigenvalue weighted by atomic mass is 10.2. The van der Waals surface area contributed by atoms with Gasteiger partial charge in [-0.05, 0) is 19.1 Å². The molecule has 3 rings (SSSR count). The van der Waals surface area contributed by atoms with Crippen LogP contribution in [-0.4, -0.2) is 20.0 Å². The van der Waals surface area contributed by atoms with Crippen LogP contribution in [0.4, 0.5) is 4.39 Å². The van der Waals surface area contributed by atoms with E-state index in [4.69, 9.17) is 10.4 Å². The molecule has 2 heterocycles. The first-order valence-electron chi connectivity index (χ1n) is 6.15. The predicted molar refractivity (Wildman–Crippen MR) is 76.4 cm³/mol. The van der Waals surface area contributed by atoms with Crippen molar-refractivity contribution in [3.05, 3.63) is 47.6 Å². The third-order valence-corrected chi connectivity index (χ3v) is 3.78. The molecule has 0 unspecified atom stereocenters. The minimum Gasteiger partial charge on any atom is -0.361 e. The Balaban J connectivity index is 1.81. The van der Waals surface area contributed by atoms with Crippen molar-refractivity contribution in [1.82, 2.24) is 20.0 Å². The smallest absolute Gasteiger partial charge is 0.210 e. The second kappa shape index (κ2) is 5.57. The number of hydrogen-bond acceptors (Lipinski definition) is 6. The van der Waals surface area contributed by atoms with Crippen molar-refractivity contribution in [3.8, 4) is 11.4 Å². The van der Waals surface area contributed by atoms with Gasteiger partial charge in [0.15, 0.2) is 5.82 Å². The van der Waals surface area contributed by atoms with E-state index in [2.05, 4.69) is 15.4 Å². The van der Waals surface area contributed by atoms with Gasteiger partial charge < -0.3 is 10.4 Å². The van der Waals surface area contributed by atoms with Crippen LogP contribution in [0, 0.1) is 12.7 Å². The minimum absolute atomic E-state index is 0.284.